The van der Waals surface area contributed by atoms with Crippen molar-refractivity contribution in [2.75, 3.05) is 0 Å². The van der Waals surface area contributed by atoms with Crippen LogP contribution in [0.25, 0.3) is 0 Å². The number of Topliss-reactive ketones (excluding diaryl/α,β-unsaturated/α-hetero) is 1. The fraction of sp³-hybridized carbons (Fsp3) is 0.971. The Labute approximate surface area is 228 Å². The van der Waals surface area contributed by atoms with Gasteiger partial charge in [-0.1, -0.05) is 87.0 Å². The molecule has 3 nitrogen and oxygen atoms in total. The predicted molar refractivity (Wildman–Crippen MR) is 151 cm³/mol. The van der Waals surface area contributed by atoms with Gasteiger partial charge in [0.1, 0.15) is 5.78 Å². The van der Waals surface area contributed by atoms with Crippen molar-refractivity contribution in [3.8, 4) is 0 Å². The number of ketones is 1. The van der Waals surface area contributed by atoms with Crippen molar-refractivity contribution in [3.05, 3.63) is 0 Å². The van der Waals surface area contributed by atoms with Gasteiger partial charge in [0, 0.05) is 11.3 Å². The van der Waals surface area contributed by atoms with E-state index in [4.69, 9.17) is 0 Å². The fourth-order valence-electron chi connectivity index (χ4n) is 12.7. The minimum Gasteiger partial charge on any atom is -0.392 e. The van der Waals surface area contributed by atoms with Gasteiger partial charge in [0.2, 0.25) is 0 Å². The number of fused-ring (bicyclic) bond motifs is 3. The topological polar surface area (TPSA) is 57.5 Å². The maximum Gasteiger partial charge on any atom is 0.135 e. The molecule has 2 N–H and O–H groups in total. The number of aliphatic hydroxyl groups is 2. The van der Waals surface area contributed by atoms with Crippen LogP contribution in [0, 0.1) is 75.4 Å². The molecular weight excluding hydrogens is 456 g/mol. The van der Waals surface area contributed by atoms with Gasteiger partial charge in [-0.25, -0.2) is 0 Å². The Hall–Kier alpha value is -0.410. The first-order valence-corrected chi connectivity index (χ1v) is 16.2. The number of hydrogen-bond acceptors (Lipinski definition) is 3. The van der Waals surface area contributed by atoms with Crippen molar-refractivity contribution >= 4 is 5.78 Å². The molecule has 0 aromatic heterocycles. The lowest BCUT2D eigenvalue weighted by molar-refractivity contribution is -0.274. The molecule has 5 aliphatic rings. The number of carbonyl (C=O) groups is 1. The van der Waals surface area contributed by atoms with Gasteiger partial charge in [-0.15, -0.1) is 0 Å². The van der Waals surface area contributed by atoms with Crippen molar-refractivity contribution in [2.45, 2.75) is 132 Å². The molecule has 5 saturated carbocycles. The molecule has 0 bridgehead atoms. The Balaban J connectivity index is 1.55. The molecule has 37 heavy (non-hydrogen) atoms. The average molecular weight is 515 g/mol. The summed E-state index contributed by atoms with van der Waals surface area (Å²) in [7, 11) is 0. The third kappa shape index (κ3) is 3.97. The summed E-state index contributed by atoms with van der Waals surface area (Å²) < 4.78 is 0. The van der Waals surface area contributed by atoms with E-state index in [1.165, 1.54) is 51.4 Å². The van der Waals surface area contributed by atoms with E-state index >= 15 is 0 Å². The van der Waals surface area contributed by atoms with E-state index in [1.807, 2.05) is 0 Å². The third-order valence-corrected chi connectivity index (χ3v) is 14.4. The lowest BCUT2D eigenvalue weighted by Gasteiger charge is -2.72. The second-order valence-electron chi connectivity index (χ2n) is 16.0. The minimum absolute atomic E-state index is 0.0262. The molecule has 0 aromatic carbocycles. The lowest BCUT2D eigenvalue weighted by Crippen LogP contribution is -2.70. The summed E-state index contributed by atoms with van der Waals surface area (Å²) in [5.41, 5.74) is -0.303. The van der Waals surface area contributed by atoms with Crippen molar-refractivity contribution in [1.82, 2.24) is 0 Å². The van der Waals surface area contributed by atoms with E-state index in [2.05, 4.69) is 48.5 Å². The second-order valence-corrected chi connectivity index (χ2v) is 16.0. The quantitative estimate of drug-likeness (QED) is 0.409. The number of hydrogen-bond donors (Lipinski definition) is 2. The molecule has 0 aliphatic heterocycles. The summed E-state index contributed by atoms with van der Waals surface area (Å²) in [6.07, 6.45) is 12.0. The highest BCUT2D eigenvalue weighted by Gasteiger charge is 2.70. The third-order valence-electron chi connectivity index (χ3n) is 14.4. The number of carbonyl (C=O) groups excluding carboxylic acids is 1. The van der Waals surface area contributed by atoms with Gasteiger partial charge in [-0.3, -0.25) is 4.79 Å². The van der Waals surface area contributed by atoms with Crippen LogP contribution in [0.2, 0.25) is 0 Å². The molecule has 14 unspecified atom stereocenters. The van der Waals surface area contributed by atoms with Crippen molar-refractivity contribution in [3.63, 3.8) is 0 Å². The van der Waals surface area contributed by atoms with Gasteiger partial charge >= 0.3 is 0 Å². The van der Waals surface area contributed by atoms with Crippen LogP contribution in [0.5, 0.6) is 0 Å². The zero-order valence-corrected chi connectivity index (χ0v) is 25.3. The van der Waals surface area contributed by atoms with Gasteiger partial charge in [0.25, 0.3) is 0 Å². The van der Waals surface area contributed by atoms with Gasteiger partial charge in [0.15, 0.2) is 0 Å². The molecule has 0 amide bonds. The van der Waals surface area contributed by atoms with Crippen LogP contribution in [0.4, 0.5) is 0 Å². The van der Waals surface area contributed by atoms with Gasteiger partial charge < -0.3 is 10.2 Å². The van der Waals surface area contributed by atoms with E-state index in [0.29, 0.717) is 17.8 Å². The van der Waals surface area contributed by atoms with E-state index in [0.717, 1.165) is 30.6 Å². The van der Waals surface area contributed by atoms with Crippen LogP contribution in [0.1, 0.15) is 120 Å². The van der Waals surface area contributed by atoms with E-state index in [-0.39, 0.29) is 51.8 Å². The molecule has 0 radical (unpaired) electrons. The molecule has 5 aliphatic carbocycles. The molecule has 14 atom stereocenters. The summed E-state index contributed by atoms with van der Waals surface area (Å²) in [4.78, 5) is 12.7. The molecule has 0 heterocycles. The first-order valence-electron chi connectivity index (χ1n) is 16.2. The zero-order chi connectivity index (χ0) is 27.1. The summed E-state index contributed by atoms with van der Waals surface area (Å²) in [5.74, 6) is 4.33. The molecule has 0 aromatic rings. The van der Waals surface area contributed by atoms with Crippen molar-refractivity contribution < 1.29 is 15.0 Å². The Morgan fingerprint density at radius 1 is 0.946 bits per heavy atom. The minimum atomic E-state index is -0.634. The Morgan fingerprint density at radius 2 is 1.59 bits per heavy atom. The zero-order valence-electron chi connectivity index (χ0n) is 25.3. The van der Waals surface area contributed by atoms with Crippen LogP contribution >= 0.6 is 0 Å². The highest BCUT2D eigenvalue weighted by atomic mass is 16.3. The van der Waals surface area contributed by atoms with E-state index < -0.39 is 6.10 Å². The first kappa shape index (κ1) is 28.1. The van der Waals surface area contributed by atoms with Crippen LogP contribution in [0.15, 0.2) is 0 Å². The highest BCUT2D eigenvalue weighted by Crippen LogP contribution is 2.73. The molecule has 5 rings (SSSR count). The van der Waals surface area contributed by atoms with Gasteiger partial charge in [0.05, 0.1) is 12.2 Å². The molecule has 3 heteroatoms. The Kier molecular flexibility index (Phi) is 7.30. The normalized spacial score (nSPS) is 56.6. The lowest BCUT2D eigenvalue weighted by atomic mass is 9.33. The summed E-state index contributed by atoms with van der Waals surface area (Å²) >= 11 is 0. The largest absolute Gasteiger partial charge is 0.392 e. The highest BCUT2D eigenvalue weighted by molar-refractivity contribution is 5.79. The standard InChI is InChI=1S/C34H58O3/c1-9-23-15-25(24-13-11-10-12-14-24)26-17-32(6)18-33(7)16-19(2)27(22(5)35)31(37)34(33,8)21(4)29(32)30(36)28(26)20(23)3/h19-21,23-31,36-37H,9-18H2,1-8H3. The second kappa shape index (κ2) is 9.60. The van der Waals surface area contributed by atoms with Crippen molar-refractivity contribution in [1.29, 1.82) is 0 Å². The maximum absolute atomic E-state index is 12.7. The first-order chi connectivity index (χ1) is 17.3. The molecule has 212 valence electrons. The predicted octanol–water partition coefficient (Wildman–Crippen LogP) is 7.53. The summed E-state index contributed by atoms with van der Waals surface area (Å²) in [6.45, 7) is 18.3. The average Bonchev–Trinajstić information content (AvgIpc) is 2.81. The van der Waals surface area contributed by atoms with Crippen molar-refractivity contribution in [2.24, 2.45) is 75.4 Å². The van der Waals surface area contributed by atoms with Crippen LogP contribution in [0.3, 0.4) is 0 Å². The van der Waals surface area contributed by atoms with Gasteiger partial charge in [-0.2, -0.15) is 0 Å². The summed E-state index contributed by atoms with van der Waals surface area (Å²) in [5, 5.41) is 24.4. The SMILES string of the molecule is CCC1CC(C2CCCCC2)C2CC3(C)CC4(C)CC(C)C(C(C)=O)C(O)C4(C)C(C)C3C(O)C2C1C. The van der Waals surface area contributed by atoms with E-state index in [1.54, 1.807) is 6.92 Å². The number of rotatable bonds is 3. The molecule has 5 fully saturated rings. The van der Waals surface area contributed by atoms with Crippen LogP contribution in [-0.4, -0.2) is 28.2 Å². The number of aliphatic hydroxyl groups excluding tert-OH is 2. The molecule has 0 saturated heterocycles. The Bertz CT molecular complexity index is 863. The van der Waals surface area contributed by atoms with Crippen LogP contribution in [-0.2, 0) is 4.79 Å². The maximum atomic E-state index is 12.7. The Morgan fingerprint density at radius 3 is 2.19 bits per heavy atom. The summed E-state index contributed by atoms with van der Waals surface area (Å²) in [6, 6.07) is 0. The van der Waals surface area contributed by atoms with E-state index in [9.17, 15) is 15.0 Å². The monoisotopic (exact) mass is 514 g/mol. The smallest absolute Gasteiger partial charge is 0.135 e. The molecular formula is C34H58O3. The molecule has 0 spiro atoms. The van der Waals surface area contributed by atoms with Crippen LogP contribution < -0.4 is 0 Å². The van der Waals surface area contributed by atoms with Gasteiger partial charge in [-0.05, 0) is 96.7 Å². The fourth-order valence-corrected chi connectivity index (χ4v) is 12.7.